The Kier molecular flexibility index (Phi) is 6.36. The first-order valence-corrected chi connectivity index (χ1v) is 10.8. The van der Waals surface area contributed by atoms with Gasteiger partial charge in [-0.2, -0.15) is 0 Å². The molecule has 1 aliphatic heterocycles. The van der Waals surface area contributed by atoms with Gasteiger partial charge in [0.25, 0.3) is 11.8 Å². The highest BCUT2D eigenvalue weighted by Crippen LogP contribution is 2.37. The largest absolute Gasteiger partial charge is 0.493 e. The summed E-state index contributed by atoms with van der Waals surface area (Å²) in [6.07, 6.45) is 0. The number of methoxy groups -OCH3 is 2. The molecule has 0 aromatic heterocycles. The molecule has 174 valence electrons. The lowest BCUT2D eigenvalue weighted by Crippen LogP contribution is -2.32. The van der Waals surface area contributed by atoms with Gasteiger partial charge in [0.05, 0.1) is 25.5 Å². The Bertz CT molecular complexity index is 1260. The Labute approximate surface area is 197 Å². The minimum Gasteiger partial charge on any atom is -0.493 e. The number of hydrogen-bond donors (Lipinski definition) is 1. The monoisotopic (exact) mass is 460 g/mol. The first kappa shape index (κ1) is 23.0. The Hall–Kier alpha value is -4.13. The quantitative estimate of drug-likeness (QED) is 0.481. The summed E-state index contributed by atoms with van der Waals surface area (Å²) in [5, 5.41) is 3.13. The van der Waals surface area contributed by atoms with Crippen LogP contribution >= 0.6 is 0 Å². The summed E-state index contributed by atoms with van der Waals surface area (Å²) in [7, 11) is 3.02. The van der Waals surface area contributed by atoms with Crippen LogP contribution in [0.2, 0.25) is 0 Å². The Balaban J connectivity index is 1.81. The van der Waals surface area contributed by atoms with Gasteiger partial charge in [-0.05, 0) is 65.6 Å². The normalized spacial score (nSPS) is 13.6. The number of imide groups is 1. The Morgan fingerprint density at radius 1 is 0.824 bits per heavy atom. The van der Waals surface area contributed by atoms with E-state index in [9.17, 15) is 14.0 Å². The SMILES string of the molecule is COc1ccc(C2=C(Nc3ccc(C(C)C)cc3)C(=O)N(c3ccc(F)cc3)C2=O)cc1OC. The summed E-state index contributed by atoms with van der Waals surface area (Å²) in [5.74, 6) is -0.232. The van der Waals surface area contributed by atoms with Crippen molar-refractivity contribution in [1.29, 1.82) is 0 Å². The number of halogens is 1. The molecule has 6 nitrogen and oxygen atoms in total. The van der Waals surface area contributed by atoms with E-state index in [1.807, 2.05) is 24.3 Å². The molecule has 0 atom stereocenters. The van der Waals surface area contributed by atoms with Gasteiger partial charge in [0, 0.05) is 5.69 Å². The standard InChI is InChI=1S/C27H25FN2O4/c1-16(2)17-5-10-20(11-6-17)29-25-24(18-7-14-22(33-3)23(15-18)34-4)26(31)30(27(25)32)21-12-8-19(28)9-13-21/h5-16,29H,1-4H3. The fourth-order valence-corrected chi connectivity index (χ4v) is 3.83. The number of carbonyl (C=O) groups is 2. The summed E-state index contributed by atoms with van der Waals surface area (Å²) in [4.78, 5) is 28.1. The molecular weight excluding hydrogens is 435 g/mol. The van der Waals surface area contributed by atoms with Crippen molar-refractivity contribution in [3.8, 4) is 11.5 Å². The van der Waals surface area contributed by atoms with Crippen LogP contribution in [-0.2, 0) is 9.59 Å². The maximum atomic E-state index is 13.5. The minimum absolute atomic E-state index is 0.124. The molecule has 1 aliphatic rings. The van der Waals surface area contributed by atoms with Crippen LogP contribution in [0.25, 0.3) is 5.57 Å². The van der Waals surface area contributed by atoms with Crippen molar-refractivity contribution in [2.75, 3.05) is 24.4 Å². The number of anilines is 2. The molecule has 34 heavy (non-hydrogen) atoms. The van der Waals surface area contributed by atoms with Gasteiger partial charge in [-0.15, -0.1) is 0 Å². The van der Waals surface area contributed by atoms with E-state index in [4.69, 9.17) is 9.47 Å². The van der Waals surface area contributed by atoms with E-state index in [1.54, 1.807) is 18.2 Å². The van der Waals surface area contributed by atoms with E-state index < -0.39 is 17.6 Å². The molecule has 0 unspecified atom stereocenters. The predicted octanol–water partition coefficient (Wildman–Crippen LogP) is 5.36. The lowest BCUT2D eigenvalue weighted by atomic mass is 10.0. The number of nitrogens with one attached hydrogen (secondary N) is 1. The molecule has 4 rings (SSSR count). The number of benzene rings is 3. The van der Waals surface area contributed by atoms with Crippen LogP contribution in [-0.4, -0.2) is 26.0 Å². The van der Waals surface area contributed by atoms with E-state index >= 15 is 0 Å². The van der Waals surface area contributed by atoms with Gasteiger partial charge in [0.1, 0.15) is 11.5 Å². The fourth-order valence-electron chi connectivity index (χ4n) is 3.83. The molecule has 0 aliphatic carbocycles. The fraction of sp³-hybridized carbons (Fsp3) is 0.185. The molecule has 0 saturated carbocycles. The predicted molar refractivity (Wildman–Crippen MR) is 130 cm³/mol. The third-order valence-electron chi connectivity index (χ3n) is 5.69. The van der Waals surface area contributed by atoms with Crippen molar-refractivity contribution < 1.29 is 23.5 Å². The molecule has 3 aromatic rings. The topological polar surface area (TPSA) is 67.9 Å². The second kappa shape index (κ2) is 9.39. The second-order valence-corrected chi connectivity index (χ2v) is 8.14. The number of carbonyl (C=O) groups excluding carboxylic acids is 2. The lowest BCUT2D eigenvalue weighted by molar-refractivity contribution is -0.120. The van der Waals surface area contributed by atoms with Crippen LogP contribution < -0.4 is 19.7 Å². The maximum Gasteiger partial charge on any atom is 0.282 e. The molecule has 0 bridgehead atoms. The molecular formula is C27H25FN2O4. The molecule has 0 fully saturated rings. The molecule has 7 heteroatoms. The number of ether oxygens (including phenoxy) is 2. The summed E-state index contributed by atoms with van der Waals surface area (Å²) in [6, 6.07) is 17.9. The van der Waals surface area contributed by atoms with E-state index in [1.165, 1.54) is 38.5 Å². The van der Waals surface area contributed by atoms with Gasteiger partial charge in [-0.1, -0.05) is 32.0 Å². The minimum atomic E-state index is -0.533. The molecule has 1 heterocycles. The molecule has 2 amide bonds. The van der Waals surface area contributed by atoms with Crippen LogP contribution in [0.3, 0.4) is 0 Å². The Morgan fingerprint density at radius 2 is 1.47 bits per heavy atom. The van der Waals surface area contributed by atoms with E-state index in [0.29, 0.717) is 28.7 Å². The highest BCUT2D eigenvalue weighted by atomic mass is 19.1. The van der Waals surface area contributed by atoms with Crippen LogP contribution in [0.1, 0.15) is 30.9 Å². The van der Waals surface area contributed by atoms with Gasteiger partial charge >= 0.3 is 0 Å². The number of rotatable bonds is 7. The average molecular weight is 461 g/mol. The molecule has 0 spiro atoms. The van der Waals surface area contributed by atoms with Crippen molar-refractivity contribution in [3.63, 3.8) is 0 Å². The zero-order valence-corrected chi connectivity index (χ0v) is 19.4. The maximum absolute atomic E-state index is 13.5. The third kappa shape index (κ3) is 4.24. The van der Waals surface area contributed by atoms with Crippen LogP contribution in [0, 0.1) is 5.82 Å². The molecule has 0 saturated heterocycles. The van der Waals surface area contributed by atoms with Gasteiger partial charge in [0.2, 0.25) is 0 Å². The van der Waals surface area contributed by atoms with Crippen LogP contribution in [0.4, 0.5) is 15.8 Å². The van der Waals surface area contributed by atoms with E-state index in [0.717, 1.165) is 10.5 Å². The highest BCUT2D eigenvalue weighted by molar-refractivity contribution is 6.46. The summed E-state index contributed by atoms with van der Waals surface area (Å²) in [6.45, 7) is 4.19. The zero-order chi connectivity index (χ0) is 24.4. The second-order valence-electron chi connectivity index (χ2n) is 8.14. The summed E-state index contributed by atoms with van der Waals surface area (Å²) in [5.41, 5.74) is 2.89. The van der Waals surface area contributed by atoms with Gasteiger partial charge in [0.15, 0.2) is 11.5 Å². The third-order valence-corrected chi connectivity index (χ3v) is 5.69. The number of amides is 2. The van der Waals surface area contributed by atoms with Gasteiger partial charge in [-0.3, -0.25) is 9.59 Å². The van der Waals surface area contributed by atoms with Crippen molar-refractivity contribution >= 4 is 28.8 Å². The first-order valence-electron chi connectivity index (χ1n) is 10.8. The first-order chi connectivity index (χ1) is 16.3. The number of hydrogen-bond acceptors (Lipinski definition) is 5. The van der Waals surface area contributed by atoms with E-state index in [-0.39, 0.29) is 17.0 Å². The molecule has 1 N–H and O–H groups in total. The van der Waals surface area contributed by atoms with Gasteiger partial charge < -0.3 is 14.8 Å². The van der Waals surface area contributed by atoms with Crippen molar-refractivity contribution in [2.24, 2.45) is 0 Å². The molecule has 0 radical (unpaired) electrons. The van der Waals surface area contributed by atoms with Crippen molar-refractivity contribution in [3.05, 3.63) is 89.4 Å². The number of nitrogens with zero attached hydrogens (tertiary/aromatic N) is 1. The average Bonchev–Trinajstić information content (AvgIpc) is 3.08. The van der Waals surface area contributed by atoms with Gasteiger partial charge in [-0.25, -0.2) is 9.29 Å². The summed E-state index contributed by atoms with van der Waals surface area (Å²) >= 11 is 0. The lowest BCUT2D eigenvalue weighted by Gasteiger charge is -2.15. The smallest absolute Gasteiger partial charge is 0.282 e. The zero-order valence-electron chi connectivity index (χ0n) is 19.4. The Morgan fingerprint density at radius 3 is 2.06 bits per heavy atom. The van der Waals surface area contributed by atoms with Crippen LogP contribution in [0.5, 0.6) is 11.5 Å². The van der Waals surface area contributed by atoms with Crippen molar-refractivity contribution in [1.82, 2.24) is 0 Å². The molecule has 3 aromatic carbocycles. The van der Waals surface area contributed by atoms with E-state index in [2.05, 4.69) is 19.2 Å². The summed E-state index contributed by atoms with van der Waals surface area (Å²) < 4.78 is 24.2. The van der Waals surface area contributed by atoms with Crippen molar-refractivity contribution in [2.45, 2.75) is 19.8 Å². The highest BCUT2D eigenvalue weighted by Gasteiger charge is 2.40. The van der Waals surface area contributed by atoms with Crippen LogP contribution in [0.15, 0.2) is 72.4 Å².